The Labute approximate surface area is 149 Å². The molecule has 0 radical (unpaired) electrons. The molecule has 0 N–H and O–H groups in total. The molecule has 24 heavy (non-hydrogen) atoms. The van der Waals surface area contributed by atoms with Crippen LogP contribution in [0.5, 0.6) is 0 Å². The van der Waals surface area contributed by atoms with Gasteiger partial charge in [-0.15, -0.1) is 0 Å². The van der Waals surface area contributed by atoms with E-state index in [0.717, 1.165) is 25.9 Å². The average molecular weight is 345 g/mol. The first-order valence-electron chi connectivity index (χ1n) is 10.1. The summed E-state index contributed by atoms with van der Waals surface area (Å²) >= 11 is 0. The zero-order valence-electron chi connectivity index (χ0n) is 16.2. The Morgan fingerprint density at radius 3 is 1.71 bits per heavy atom. The lowest BCUT2D eigenvalue weighted by Crippen LogP contribution is -2.09. The van der Waals surface area contributed by atoms with Crippen molar-refractivity contribution in [1.82, 2.24) is 0 Å². The first kappa shape index (κ1) is 23.4. The number of carbonyl (C=O) groups is 1. The van der Waals surface area contributed by atoms with Gasteiger partial charge in [0.05, 0.1) is 19.8 Å². The molecule has 144 valence electrons. The topological polar surface area (TPSA) is 44.8 Å². The van der Waals surface area contributed by atoms with Gasteiger partial charge in [0.15, 0.2) is 0 Å². The molecule has 0 spiro atoms. The van der Waals surface area contributed by atoms with Gasteiger partial charge in [0.25, 0.3) is 0 Å². The summed E-state index contributed by atoms with van der Waals surface area (Å²) < 4.78 is 16.0. The molecule has 0 amide bonds. The maximum atomic E-state index is 11.2. The van der Waals surface area contributed by atoms with Crippen molar-refractivity contribution >= 4 is 5.97 Å². The summed E-state index contributed by atoms with van der Waals surface area (Å²) in [6.07, 6.45) is 14.1. The minimum Gasteiger partial charge on any atom is -0.466 e. The highest BCUT2D eigenvalue weighted by molar-refractivity contribution is 5.69. The highest BCUT2D eigenvalue weighted by Gasteiger charge is 2.01. The van der Waals surface area contributed by atoms with Gasteiger partial charge in [0.1, 0.15) is 0 Å². The van der Waals surface area contributed by atoms with Crippen LogP contribution in [0.3, 0.4) is 0 Å². The maximum absolute atomic E-state index is 11.2. The van der Waals surface area contributed by atoms with E-state index >= 15 is 0 Å². The van der Waals surface area contributed by atoms with E-state index in [0.29, 0.717) is 32.8 Å². The lowest BCUT2D eigenvalue weighted by Gasteiger charge is -2.06. The summed E-state index contributed by atoms with van der Waals surface area (Å²) in [5, 5.41) is 0. The van der Waals surface area contributed by atoms with E-state index in [1.165, 1.54) is 51.4 Å². The Bertz CT molecular complexity index is 256. The van der Waals surface area contributed by atoms with Crippen LogP contribution in [0.4, 0.5) is 0 Å². The highest BCUT2D eigenvalue weighted by Crippen LogP contribution is 2.09. The second kappa shape index (κ2) is 20.4. The maximum Gasteiger partial charge on any atom is 0.305 e. The number of ether oxygens (including phenoxy) is 3. The number of carbonyl (C=O) groups excluding carboxylic acids is 1. The molecule has 0 aliphatic carbocycles. The third kappa shape index (κ3) is 19.4. The predicted octanol–water partition coefficient (Wildman–Crippen LogP) is 5.28. The van der Waals surface area contributed by atoms with Crippen LogP contribution >= 0.6 is 0 Å². The van der Waals surface area contributed by atoms with E-state index in [-0.39, 0.29) is 5.97 Å². The van der Waals surface area contributed by atoms with E-state index in [1.807, 2.05) is 6.92 Å². The van der Waals surface area contributed by atoms with Crippen LogP contribution in [0, 0.1) is 0 Å². The number of esters is 1. The van der Waals surface area contributed by atoms with Crippen molar-refractivity contribution in [2.75, 3.05) is 33.0 Å². The van der Waals surface area contributed by atoms with Crippen LogP contribution < -0.4 is 0 Å². The zero-order valence-corrected chi connectivity index (χ0v) is 16.2. The third-order valence-electron chi connectivity index (χ3n) is 3.90. The summed E-state index contributed by atoms with van der Waals surface area (Å²) in [7, 11) is 0. The minimum atomic E-state index is -0.123. The normalized spacial score (nSPS) is 10.9. The smallest absolute Gasteiger partial charge is 0.305 e. The van der Waals surface area contributed by atoms with E-state index in [2.05, 4.69) is 6.92 Å². The van der Waals surface area contributed by atoms with E-state index in [4.69, 9.17) is 14.2 Å². The molecule has 0 aliphatic heterocycles. The molecule has 0 fully saturated rings. The van der Waals surface area contributed by atoms with Gasteiger partial charge in [0.2, 0.25) is 0 Å². The standard InChI is InChI=1S/C20H40O4/c1-3-5-6-7-8-9-10-11-12-16-22-18-19-23-17-13-14-20(21)24-15-4-2/h3-19H2,1-2H3. The van der Waals surface area contributed by atoms with Crippen LogP contribution in [-0.4, -0.2) is 39.0 Å². The predicted molar refractivity (Wildman–Crippen MR) is 99.3 cm³/mol. The Kier molecular flexibility index (Phi) is 19.9. The molecule has 0 bridgehead atoms. The molecule has 0 atom stereocenters. The minimum absolute atomic E-state index is 0.123. The molecule has 4 nitrogen and oxygen atoms in total. The summed E-state index contributed by atoms with van der Waals surface area (Å²) in [5.41, 5.74) is 0. The fraction of sp³-hybridized carbons (Fsp3) is 0.950. The van der Waals surface area contributed by atoms with E-state index < -0.39 is 0 Å². The Morgan fingerprint density at radius 2 is 1.12 bits per heavy atom. The van der Waals surface area contributed by atoms with Gasteiger partial charge in [-0.25, -0.2) is 0 Å². The summed E-state index contributed by atoms with van der Waals surface area (Å²) in [6.45, 7) is 7.47. The summed E-state index contributed by atoms with van der Waals surface area (Å²) in [4.78, 5) is 11.2. The van der Waals surface area contributed by atoms with Gasteiger partial charge < -0.3 is 14.2 Å². The SMILES string of the molecule is CCCCCCCCCCCOCCOCCCC(=O)OCCC. The Morgan fingerprint density at radius 1 is 0.583 bits per heavy atom. The van der Waals surface area contributed by atoms with Crippen LogP contribution in [0.15, 0.2) is 0 Å². The lowest BCUT2D eigenvalue weighted by molar-refractivity contribution is -0.144. The van der Waals surface area contributed by atoms with Gasteiger partial charge in [-0.05, 0) is 19.3 Å². The van der Waals surface area contributed by atoms with Gasteiger partial charge >= 0.3 is 5.97 Å². The molecule has 0 saturated heterocycles. The highest BCUT2D eigenvalue weighted by atomic mass is 16.5. The molecule has 0 aromatic heterocycles. The van der Waals surface area contributed by atoms with E-state index in [1.54, 1.807) is 0 Å². The second-order valence-electron chi connectivity index (χ2n) is 6.38. The van der Waals surface area contributed by atoms with Crippen LogP contribution in [-0.2, 0) is 19.0 Å². The largest absolute Gasteiger partial charge is 0.466 e. The zero-order chi connectivity index (χ0) is 17.7. The van der Waals surface area contributed by atoms with Crippen LogP contribution in [0.1, 0.15) is 90.9 Å². The van der Waals surface area contributed by atoms with Gasteiger partial charge in [-0.2, -0.15) is 0 Å². The first-order chi connectivity index (χ1) is 11.8. The summed E-state index contributed by atoms with van der Waals surface area (Å²) in [5.74, 6) is -0.123. The molecule has 0 saturated carbocycles. The molecule has 0 heterocycles. The number of hydrogen-bond donors (Lipinski definition) is 0. The molecular formula is C20H40O4. The van der Waals surface area contributed by atoms with Crippen molar-refractivity contribution in [3.63, 3.8) is 0 Å². The molecular weight excluding hydrogens is 304 g/mol. The molecule has 4 heteroatoms. The van der Waals surface area contributed by atoms with Gasteiger partial charge in [-0.3, -0.25) is 4.79 Å². The third-order valence-corrected chi connectivity index (χ3v) is 3.90. The quantitative estimate of drug-likeness (QED) is 0.236. The molecule has 0 aromatic carbocycles. The monoisotopic (exact) mass is 344 g/mol. The van der Waals surface area contributed by atoms with Gasteiger partial charge in [0, 0.05) is 19.6 Å². The molecule has 0 aromatic rings. The fourth-order valence-electron chi connectivity index (χ4n) is 2.44. The Balaban J connectivity index is 3.04. The number of rotatable bonds is 19. The van der Waals surface area contributed by atoms with E-state index in [9.17, 15) is 4.79 Å². The first-order valence-corrected chi connectivity index (χ1v) is 10.1. The second-order valence-corrected chi connectivity index (χ2v) is 6.38. The Hall–Kier alpha value is -0.610. The van der Waals surface area contributed by atoms with Crippen molar-refractivity contribution in [3.05, 3.63) is 0 Å². The van der Waals surface area contributed by atoms with Crippen LogP contribution in [0.25, 0.3) is 0 Å². The molecule has 0 unspecified atom stereocenters. The molecule has 0 rings (SSSR count). The van der Waals surface area contributed by atoms with Crippen molar-refractivity contribution in [3.8, 4) is 0 Å². The van der Waals surface area contributed by atoms with Crippen molar-refractivity contribution in [2.24, 2.45) is 0 Å². The number of unbranched alkanes of at least 4 members (excludes halogenated alkanes) is 8. The number of hydrogen-bond acceptors (Lipinski definition) is 4. The average Bonchev–Trinajstić information content (AvgIpc) is 2.59. The molecule has 0 aliphatic rings. The van der Waals surface area contributed by atoms with Crippen molar-refractivity contribution in [2.45, 2.75) is 90.9 Å². The van der Waals surface area contributed by atoms with Crippen LogP contribution in [0.2, 0.25) is 0 Å². The summed E-state index contributed by atoms with van der Waals surface area (Å²) in [6, 6.07) is 0. The van der Waals surface area contributed by atoms with Crippen molar-refractivity contribution in [1.29, 1.82) is 0 Å². The van der Waals surface area contributed by atoms with Crippen molar-refractivity contribution < 1.29 is 19.0 Å². The van der Waals surface area contributed by atoms with Gasteiger partial charge in [-0.1, -0.05) is 65.2 Å². The lowest BCUT2D eigenvalue weighted by atomic mass is 10.1. The fourth-order valence-corrected chi connectivity index (χ4v) is 2.44.